The van der Waals surface area contributed by atoms with E-state index in [1.54, 1.807) is 11.9 Å². The summed E-state index contributed by atoms with van der Waals surface area (Å²) in [4.78, 5) is 25.1. The molecule has 0 saturated carbocycles. The first kappa shape index (κ1) is 26.4. The SMILES string of the molecule is CSN1CCc2cccc(Nc3nc(Nc4ccc(N5CCC(N6CCN(C)CC6)CC5)cn4)nc4[nH]ccc34)c21. The molecule has 3 aromatic heterocycles. The minimum Gasteiger partial charge on any atom is -0.370 e. The van der Waals surface area contributed by atoms with Crippen LogP contribution in [0.1, 0.15) is 18.4 Å². The molecule has 0 spiro atoms. The van der Waals surface area contributed by atoms with E-state index in [1.165, 1.54) is 56.0 Å². The van der Waals surface area contributed by atoms with Gasteiger partial charge in [0.1, 0.15) is 17.3 Å². The van der Waals surface area contributed by atoms with Crippen molar-refractivity contribution < 1.29 is 0 Å². The quantitative estimate of drug-likeness (QED) is 0.272. The Morgan fingerprint density at radius 3 is 2.56 bits per heavy atom. The average Bonchev–Trinajstić information content (AvgIpc) is 3.66. The topological polar surface area (TPSA) is 91.5 Å². The van der Waals surface area contributed by atoms with E-state index in [0.29, 0.717) is 12.0 Å². The number of H-pyrrole nitrogens is 1. The molecule has 41 heavy (non-hydrogen) atoms. The molecule has 0 amide bonds. The molecule has 0 bridgehead atoms. The second-order valence-electron chi connectivity index (χ2n) is 11.2. The smallest absolute Gasteiger partial charge is 0.232 e. The van der Waals surface area contributed by atoms with Gasteiger partial charge in [0.2, 0.25) is 5.95 Å². The molecule has 0 atom stereocenters. The zero-order valence-corrected chi connectivity index (χ0v) is 24.6. The lowest BCUT2D eigenvalue weighted by Crippen LogP contribution is -2.52. The van der Waals surface area contributed by atoms with E-state index in [4.69, 9.17) is 15.0 Å². The predicted octanol–water partition coefficient (Wildman–Crippen LogP) is 4.70. The lowest BCUT2D eigenvalue weighted by atomic mass is 10.0. The van der Waals surface area contributed by atoms with Crippen LogP contribution >= 0.6 is 11.9 Å². The number of rotatable bonds is 7. The van der Waals surface area contributed by atoms with Gasteiger partial charge < -0.3 is 29.7 Å². The number of benzene rings is 1. The summed E-state index contributed by atoms with van der Waals surface area (Å²) in [5.41, 5.74) is 5.60. The number of pyridine rings is 1. The largest absolute Gasteiger partial charge is 0.370 e. The van der Waals surface area contributed by atoms with Crippen LogP contribution in [-0.2, 0) is 6.42 Å². The summed E-state index contributed by atoms with van der Waals surface area (Å²) in [5, 5.41) is 7.89. The van der Waals surface area contributed by atoms with Gasteiger partial charge in [-0.2, -0.15) is 9.97 Å². The fourth-order valence-electron chi connectivity index (χ4n) is 6.36. The first-order valence-electron chi connectivity index (χ1n) is 14.6. The maximum Gasteiger partial charge on any atom is 0.232 e. The Bertz CT molecular complexity index is 1490. The second-order valence-corrected chi connectivity index (χ2v) is 12.0. The number of piperidine rings is 1. The normalized spacial score (nSPS) is 18.7. The molecule has 4 aromatic rings. The highest BCUT2D eigenvalue weighted by Gasteiger charge is 2.27. The van der Waals surface area contributed by atoms with Crippen molar-refractivity contribution in [2.24, 2.45) is 0 Å². The van der Waals surface area contributed by atoms with Crippen LogP contribution in [0, 0.1) is 0 Å². The molecule has 214 valence electrons. The van der Waals surface area contributed by atoms with Gasteiger partial charge in [0, 0.05) is 64.3 Å². The zero-order valence-electron chi connectivity index (χ0n) is 23.8. The molecule has 3 N–H and O–H groups in total. The van der Waals surface area contributed by atoms with Crippen molar-refractivity contribution in [2.75, 3.05) is 79.0 Å². The molecule has 0 unspecified atom stereocenters. The van der Waals surface area contributed by atoms with Gasteiger partial charge in [-0.05, 0) is 56.1 Å². The number of fused-ring (bicyclic) bond motifs is 2. The van der Waals surface area contributed by atoms with E-state index >= 15 is 0 Å². The molecular weight excluding hydrogens is 532 g/mol. The second kappa shape index (κ2) is 11.4. The first-order valence-corrected chi connectivity index (χ1v) is 15.8. The maximum atomic E-state index is 4.87. The van der Waals surface area contributed by atoms with Crippen molar-refractivity contribution in [3.8, 4) is 0 Å². The third kappa shape index (κ3) is 5.41. The Morgan fingerprint density at radius 1 is 0.927 bits per heavy atom. The number of nitrogens with one attached hydrogen (secondary N) is 3. The number of aromatic amines is 1. The Morgan fingerprint density at radius 2 is 1.78 bits per heavy atom. The fraction of sp³-hybridized carbons (Fsp3) is 0.433. The Labute approximate surface area is 245 Å². The zero-order chi connectivity index (χ0) is 27.8. The standard InChI is InChI=1S/C30H38N10S/c1-37-16-18-39(19-17-37)22-10-13-38(14-11-22)23-6-7-26(32-20-23)34-30-35-28-24(8-12-31-28)29(36-30)33-25-5-3-4-21-9-15-40(41-2)27(21)25/h3-8,12,20,22H,9-11,13-19H2,1-2H3,(H3,31,32,33,34,35,36). The van der Waals surface area contributed by atoms with Crippen LogP contribution in [0.5, 0.6) is 0 Å². The first-order chi connectivity index (χ1) is 20.1. The maximum absolute atomic E-state index is 4.87. The predicted molar refractivity (Wildman–Crippen MR) is 170 cm³/mol. The van der Waals surface area contributed by atoms with Crippen LogP contribution in [0.4, 0.5) is 34.6 Å². The van der Waals surface area contributed by atoms with Crippen molar-refractivity contribution >= 4 is 57.6 Å². The van der Waals surface area contributed by atoms with E-state index in [-0.39, 0.29) is 0 Å². The van der Waals surface area contributed by atoms with Gasteiger partial charge in [-0.1, -0.05) is 24.1 Å². The Balaban J connectivity index is 1.04. The highest BCUT2D eigenvalue weighted by atomic mass is 32.2. The minimum absolute atomic E-state index is 0.505. The summed E-state index contributed by atoms with van der Waals surface area (Å²) in [6.45, 7) is 7.92. The van der Waals surface area contributed by atoms with Crippen molar-refractivity contribution in [3.63, 3.8) is 0 Å². The molecule has 3 aliphatic heterocycles. The molecule has 0 aliphatic carbocycles. The molecule has 6 heterocycles. The van der Waals surface area contributed by atoms with Crippen LogP contribution in [-0.4, -0.2) is 94.9 Å². The number of hydrogen-bond acceptors (Lipinski definition) is 10. The van der Waals surface area contributed by atoms with Crippen LogP contribution in [0.15, 0.2) is 48.8 Å². The number of piperazine rings is 1. The molecule has 2 fully saturated rings. The summed E-state index contributed by atoms with van der Waals surface area (Å²) < 4.78 is 2.34. The van der Waals surface area contributed by atoms with Gasteiger partial charge in [0.25, 0.3) is 0 Å². The Hall–Kier alpha value is -3.54. The number of aromatic nitrogens is 4. The molecule has 3 aliphatic rings. The highest BCUT2D eigenvalue weighted by Crippen LogP contribution is 2.40. The summed E-state index contributed by atoms with van der Waals surface area (Å²) in [7, 11) is 2.22. The van der Waals surface area contributed by atoms with E-state index in [1.807, 2.05) is 24.5 Å². The monoisotopic (exact) mass is 570 g/mol. The number of likely N-dealkylation sites (N-methyl/N-ethyl adjacent to an activating group) is 1. The number of hydrogen-bond donors (Lipinski definition) is 3. The Kier molecular flexibility index (Phi) is 7.32. The van der Waals surface area contributed by atoms with Crippen LogP contribution in [0.3, 0.4) is 0 Å². The van der Waals surface area contributed by atoms with Crippen molar-refractivity contribution in [1.82, 2.24) is 29.7 Å². The van der Waals surface area contributed by atoms with E-state index < -0.39 is 0 Å². The highest BCUT2D eigenvalue weighted by molar-refractivity contribution is 8.00. The molecule has 1 aromatic carbocycles. The van der Waals surface area contributed by atoms with E-state index in [9.17, 15) is 0 Å². The number of anilines is 6. The van der Waals surface area contributed by atoms with Crippen molar-refractivity contribution in [1.29, 1.82) is 0 Å². The number of nitrogens with zero attached hydrogens (tertiary/aromatic N) is 7. The summed E-state index contributed by atoms with van der Waals surface area (Å²) in [5.74, 6) is 2.00. The van der Waals surface area contributed by atoms with Crippen LogP contribution < -0.4 is 19.8 Å². The average molecular weight is 571 g/mol. The summed E-state index contributed by atoms with van der Waals surface area (Å²) in [6.07, 6.45) is 9.47. The van der Waals surface area contributed by atoms with Crippen molar-refractivity contribution in [2.45, 2.75) is 25.3 Å². The lowest BCUT2D eigenvalue weighted by Gasteiger charge is -2.42. The van der Waals surface area contributed by atoms with Gasteiger partial charge in [0.15, 0.2) is 0 Å². The third-order valence-corrected chi connectivity index (χ3v) is 9.52. The molecule has 11 heteroatoms. The van der Waals surface area contributed by atoms with Crippen LogP contribution in [0.25, 0.3) is 11.0 Å². The molecule has 0 radical (unpaired) electrons. The molecule has 10 nitrogen and oxygen atoms in total. The van der Waals surface area contributed by atoms with Gasteiger partial charge >= 0.3 is 0 Å². The minimum atomic E-state index is 0.505. The summed E-state index contributed by atoms with van der Waals surface area (Å²) >= 11 is 1.75. The molecule has 2 saturated heterocycles. The van der Waals surface area contributed by atoms with Gasteiger partial charge in [-0.15, -0.1) is 0 Å². The summed E-state index contributed by atoms with van der Waals surface area (Å²) in [6, 6.07) is 13.3. The van der Waals surface area contributed by atoms with Gasteiger partial charge in [0.05, 0.1) is 28.6 Å². The molecule has 7 rings (SSSR count). The lowest BCUT2D eigenvalue weighted by molar-refractivity contribution is 0.0982. The fourth-order valence-corrected chi connectivity index (χ4v) is 7.03. The number of para-hydroxylation sites is 1. The van der Waals surface area contributed by atoms with Gasteiger partial charge in [-0.3, -0.25) is 4.90 Å². The van der Waals surface area contributed by atoms with Crippen molar-refractivity contribution in [3.05, 3.63) is 54.4 Å². The van der Waals surface area contributed by atoms with E-state index in [2.05, 4.69) is 72.2 Å². The van der Waals surface area contributed by atoms with E-state index in [0.717, 1.165) is 54.4 Å². The molecular formula is C30H38N10S. The third-order valence-electron chi connectivity index (χ3n) is 8.71. The van der Waals surface area contributed by atoms with Crippen LogP contribution in [0.2, 0.25) is 0 Å². The van der Waals surface area contributed by atoms with Gasteiger partial charge in [-0.25, -0.2) is 4.98 Å².